The zero-order valence-corrected chi connectivity index (χ0v) is 8.61. The van der Waals surface area contributed by atoms with E-state index in [-0.39, 0.29) is 5.82 Å². The van der Waals surface area contributed by atoms with Crippen LogP contribution >= 0.6 is 0 Å². The lowest BCUT2D eigenvalue weighted by Gasteiger charge is -2.05. The lowest BCUT2D eigenvalue weighted by atomic mass is 10.1. The monoisotopic (exact) mass is 206 g/mol. The minimum Gasteiger partial charge on any atom is -0.205 e. The first-order valence-corrected chi connectivity index (χ1v) is 4.76. The molecule has 0 unspecified atom stereocenters. The van der Waals surface area contributed by atoms with E-state index >= 15 is 0 Å². The van der Waals surface area contributed by atoms with Crippen LogP contribution < -0.4 is 0 Å². The van der Waals surface area contributed by atoms with E-state index in [1.54, 1.807) is 19.1 Å². The predicted octanol–water partition coefficient (Wildman–Crippen LogP) is 1.67. The van der Waals surface area contributed by atoms with Crippen molar-refractivity contribution in [3.05, 3.63) is 35.4 Å². The molecule has 5 heteroatoms. The van der Waals surface area contributed by atoms with Gasteiger partial charge in [0, 0.05) is 0 Å². The van der Waals surface area contributed by atoms with Crippen molar-refractivity contribution in [2.24, 2.45) is 0 Å². The molecule has 78 valence electrons. The molecule has 1 aromatic carbocycles. The summed E-state index contributed by atoms with van der Waals surface area (Å²) in [4.78, 5) is 0. The standard InChI is InChI=1S/C10H11FN4/c1-3-8-4-5-9(11)10(6-8)15-7(2)12-13-14-15/h4-6H,3H2,1-2H3. The van der Waals surface area contributed by atoms with Gasteiger partial charge in [0.15, 0.2) is 5.82 Å². The Balaban J connectivity index is 2.56. The molecular formula is C10H11FN4. The summed E-state index contributed by atoms with van der Waals surface area (Å²) in [7, 11) is 0. The van der Waals surface area contributed by atoms with Crippen molar-refractivity contribution in [2.75, 3.05) is 0 Å². The van der Waals surface area contributed by atoms with Crippen LogP contribution in [0, 0.1) is 12.7 Å². The topological polar surface area (TPSA) is 43.6 Å². The summed E-state index contributed by atoms with van der Waals surface area (Å²) >= 11 is 0. The van der Waals surface area contributed by atoms with Crippen molar-refractivity contribution < 1.29 is 4.39 Å². The summed E-state index contributed by atoms with van der Waals surface area (Å²) in [6.45, 7) is 3.75. The SMILES string of the molecule is CCc1ccc(F)c(-n2nnnc2C)c1. The first-order valence-electron chi connectivity index (χ1n) is 4.76. The number of aryl methyl sites for hydroxylation is 2. The fraction of sp³-hybridized carbons (Fsp3) is 0.300. The van der Waals surface area contributed by atoms with Crippen LogP contribution in [0.1, 0.15) is 18.3 Å². The van der Waals surface area contributed by atoms with Crippen LogP contribution in [-0.4, -0.2) is 20.2 Å². The molecule has 0 N–H and O–H groups in total. The highest BCUT2D eigenvalue weighted by molar-refractivity contribution is 5.37. The van der Waals surface area contributed by atoms with E-state index in [1.807, 2.05) is 6.92 Å². The average Bonchev–Trinajstić information content (AvgIpc) is 2.65. The molecule has 0 saturated heterocycles. The third-order valence-corrected chi connectivity index (χ3v) is 2.27. The van der Waals surface area contributed by atoms with Crippen molar-refractivity contribution in [1.82, 2.24) is 20.2 Å². The van der Waals surface area contributed by atoms with Gasteiger partial charge in [-0.25, -0.2) is 4.39 Å². The van der Waals surface area contributed by atoms with Gasteiger partial charge in [0.2, 0.25) is 0 Å². The molecule has 2 aromatic rings. The summed E-state index contributed by atoms with van der Waals surface area (Å²) in [6, 6.07) is 4.96. The molecule has 0 amide bonds. The number of halogens is 1. The van der Waals surface area contributed by atoms with Crippen molar-refractivity contribution in [1.29, 1.82) is 0 Å². The number of rotatable bonds is 2. The van der Waals surface area contributed by atoms with E-state index in [0.29, 0.717) is 11.5 Å². The molecule has 2 rings (SSSR count). The van der Waals surface area contributed by atoms with Crippen LogP contribution in [0.4, 0.5) is 4.39 Å². The summed E-state index contributed by atoms with van der Waals surface area (Å²) in [5.74, 6) is 0.254. The fourth-order valence-electron chi connectivity index (χ4n) is 1.39. The molecule has 0 fully saturated rings. The molecule has 1 aromatic heterocycles. The van der Waals surface area contributed by atoms with Crippen LogP contribution in [-0.2, 0) is 6.42 Å². The van der Waals surface area contributed by atoms with Gasteiger partial charge in [0.1, 0.15) is 11.5 Å². The van der Waals surface area contributed by atoms with E-state index in [4.69, 9.17) is 0 Å². The van der Waals surface area contributed by atoms with Crippen molar-refractivity contribution >= 4 is 0 Å². The molecule has 0 aliphatic heterocycles. The van der Waals surface area contributed by atoms with E-state index in [1.165, 1.54) is 10.7 Å². The van der Waals surface area contributed by atoms with E-state index < -0.39 is 0 Å². The maximum Gasteiger partial charge on any atom is 0.153 e. The molecule has 4 nitrogen and oxygen atoms in total. The third kappa shape index (κ3) is 1.72. The van der Waals surface area contributed by atoms with E-state index in [0.717, 1.165) is 12.0 Å². The van der Waals surface area contributed by atoms with Crippen molar-refractivity contribution in [3.63, 3.8) is 0 Å². The largest absolute Gasteiger partial charge is 0.205 e. The lowest BCUT2D eigenvalue weighted by molar-refractivity contribution is 0.603. The second-order valence-electron chi connectivity index (χ2n) is 3.28. The highest BCUT2D eigenvalue weighted by atomic mass is 19.1. The van der Waals surface area contributed by atoms with Gasteiger partial charge in [-0.05, 0) is 41.5 Å². The molecule has 0 radical (unpaired) electrons. The lowest BCUT2D eigenvalue weighted by Crippen LogP contribution is -2.03. The Morgan fingerprint density at radius 3 is 2.80 bits per heavy atom. The summed E-state index contributed by atoms with van der Waals surface area (Å²) in [6.07, 6.45) is 0.856. The Morgan fingerprint density at radius 1 is 1.40 bits per heavy atom. The zero-order valence-electron chi connectivity index (χ0n) is 8.61. The number of hydrogen-bond donors (Lipinski definition) is 0. The average molecular weight is 206 g/mol. The predicted molar refractivity (Wildman–Crippen MR) is 53.2 cm³/mol. The van der Waals surface area contributed by atoms with Crippen LogP contribution in [0.15, 0.2) is 18.2 Å². The van der Waals surface area contributed by atoms with Crippen LogP contribution in [0.25, 0.3) is 5.69 Å². The maximum atomic E-state index is 13.5. The molecule has 0 spiro atoms. The number of nitrogens with zero attached hydrogens (tertiary/aromatic N) is 4. The molecule has 0 aliphatic carbocycles. The molecule has 1 heterocycles. The Labute approximate surface area is 86.7 Å². The highest BCUT2D eigenvalue weighted by Gasteiger charge is 2.09. The number of aromatic nitrogens is 4. The Morgan fingerprint density at radius 2 is 2.20 bits per heavy atom. The smallest absolute Gasteiger partial charge is 0.153 e. The Kier molecular flexibility index (Phi) is 2.45. The normalized spacial score (nSPS) is 10.6. The third-order valence-electron chi connectivity index (χ3n) is 2.27. The molecular weight excluding hydrogens is 195 g/mol. The summed E-state index contributed by atoms with van der Waals surface area (Å²) in [5, 5.41) is 11.0. The van der Waals surface area contributed by atoms with Crippen LogP contribution in [0.5, 0.6) is 0 Å². The second-order valence-corrected chi connectivity index (χ2v) is 3.28. The number of hydrogen-bond acceptors (Lipinski definition) is 3. The maximum absolute atomic E-state index is 13.5. The van der Waals surface area contributed by atoms with Crippen LogP contribution in [0.3, 0.4) is 0 Å². The molecule has 0 aliphatic rings. The summed E-state index contributed by atoms with van der Waals surface area (Å²) in [5.41, 5.74) is 1.46. The van der Waals surface area contributed by atoms with Crippen molar-refractivity contribution in [3.8, 4) is 5.69 Å². The first-order chi connectivity index (χ1) is 7.22. The fourth-order valence-corrected chi connectivity index (χ4v) is 1.39. The Bertz CT molecular complexity index is 478. The van der Waals surface area contributed by atoms with Crippen LogP contribution in [0.2, 0.25) is 0 Å². The highest BCUT2D eigenvalue weighted by Crippen LogP contribution is 2.15. The van der Waals surface area contributed by atoms with Gasteiger partial charge in [-0.15, -0.1) is 5.10 Å². The first kappa shape index (κ1) is 9.76. The molecule has 0 atom stereocenters. The van der Waals surface area contributed by atoms with Gasteiger partial charge in [-0.1, -0.05) is 13.0 Å². The van der Waals surface area contributed by atoms with E-state index in [9.17, 15) is 4.39 Å². The van der Waals surface area contributed by atoms with E-state index in [2.05, 4.69) is 15.5 Å². The summed E-state index contributed by atoms with van der Waals surface area (Å²) < 4.78 is 14.9. The minimum absolute atomic E-state index is 0.317. The zero-order chi connectivity index (χ0) is 10.8. The second kappa shape index (κ2) is 3.76. The van der Waals surface area contributed by atoms with Gasteiger partial charge in [0.25, 0.3) is 0 Å². The molecule has 0 saturated carbocycles. The number of benzene rings is 1. The number of tetrazole rings is 1. The Hall–Kier alpha value is -1.78. The van der Waals surface area contributed by atoms with Gasteiger partial charge in [0.05, 0.1) is 0 Å². The van der Waals surface area contributed by atoms with Gasteiger partial charge < -0.3 is 0 Å². The minimum atomic E-state index is -0.317. The quantitative estimate of drug-likeness (QED) is 0.750. The van der Waals surface area contributed by atoms with Gasteiger partial charge >= 0.3 is 0 Å². The van der Waals surface area contributed by atoms with Crippen molar-refractivity contribution in [2.45, 2.75) is 20.3 Å². The molecule has 15 heavy (non-hydrogen) atoms. The molecule has 0 bridgehead atoms. The van der Waals surface area contributed by atoms with Gasteiger partial charge in [-0.2, -0.15) is 4.68 Å². The van der Waals surface area contributed by atoms with Gasteiger partial charge in [-0.3, -0.25) is 0 Å².